The first kappa shape index (κ1) is 17.2. The maximum Gasteiger partial charge on any atom is 0.407 e. The van der Waals surface area contributed by atoms with Gasteiger partial charge in [-0.2, -0.15) is 0 Å². The minimum atomic E-state index is -0.481. The zero-order valence-electron chi connectivity index (χ0n) is 13.4. The second kappa shape index (κ2) is 7.81. The van der Waals surface area contributed by atoms with Gasteiger partial charge < -0.3 is 14.8 Å². The topological polar surface area (TPSA) is 55.4 Å². The highest BCUT2D eigenvalue weighted by Gasteiger charge is 2.15. The van der Waals surface area contributed by atoms with Gasteiger partial charge in [-0.05, 0) is 51.7 Å². The molecule has 21 heavy (non-hydrogen) atoms. The van der Waals surface area contributed by atoms with Crippen LogP contribution in [0.2, 0.25) is 0 Å². The number of ketones is 1. The Morgan fingerprint density at radius 1 is 1.10 bits per heavy atom. The van der Waals surface area contributed by atoms with Gasteiger partial charge in [0.2, 0.25) is 0 Å². The molecule has 0 aliphatic rings. The summed E-state index contributed by atoms with van der Waals surface area (Å²) in [7, 11) is 0. The molecule has 0 saturated heterocycles. The van der Waals surface area contributed by atoms with Crippen LogP contribution in [0.5, 0.6) is 0 Å². The van der Waals surface area contributed by atoms with E-state index in [2.05, 4.69) is 5.32 Å². The zero-order chi connectivity index (χ0) is 15.9. The molecule has 0 atom stereocenters. The molecule has 0 bridgehead atoms. The van der Waals surface area contributed by atoms with Crippen LogP contribution in [0.15, 0.2) is 24.3 Å². The number of nitrogens with one attached hydrogen (secondary N) is 1. The van der Waals surface area contributed by atoms with Crippen molar-refractivity contribution in [3.63, 3.8) is 0 Å². The van der Waals surface area contributed by atoms with Gasteiger partial charge in [-0.1, -0.05) is 24.3 Å². The van der Waals surface area contributed by atoms with E-state index in [9.17, 15) is 9.59 Å². The number of rotatable bonds is 6. The van der Waals surface area contributed by atoms with Crippen molar-refractivity contribution in [2.45, 2.75) is 59.1 Å². The molecule has 0 saturated carbocycles. The van der Waals surface area contributed by atoms with Crippen molar-refractivity contribution in [2.75, 3.05) is 0 Å². The summed E-state index contributed by atoms with van der Waals surface area (Å²) < 4.78 is 5.18. The largest absolute Gasteiger partial charge is 0.444 e. The van der Waals surface area contributed by atoms with Gasteiger partial charge in [0, 0.05) is 13.0 Å². The molecule has 0 aliphatic heterocycles. The predicted molar refractivity (Wildman–Crippen MR) is 83.1 cm³/mol. The fourth-order valence-corrected chi connectivity index (χ4v) is 1.85. The van der Waals surface area contributed by atoms with E-state index in [1.165, 1.54) is 5.56 Å². The Kier molecular flexibility index (Phi) is 6.40. The Morgan fingerprint density at radius 2 is 1.67 bits per heavy atom. The van der Waals surface area contributed by atoms with Crippen LogP contribution in [0, 0.1) is 0 Å². The molecule has 0 heterocycles. The molecule has 1 amide bonds. The van der Waals surface area contributed by atoms with Crippen LogP contribution in [0.1, 0.15) is 51.7 Å². The first-order chi connectivity index (χ1) is 9.76. The van der Waals surface area contributed by atoms with Crippen molar-refractivity contribution in [2.24, 2.45) is 0 Å². The minimum absolute atomic E-state index is 0.230. The fraction of sp³-hybridized carbons (Fsp3) is 0.529. The third-order valence-corrected chi connectivity index (χ3v) is 2.85. The number of ether oxygens (including phenoxy) is 1. The number of Topliss-reactive ketones (excluding diaryl/α,β-unsaturated/α-hetero) is 1. The Balaban J connectivity index is 2.37. The summed E-state index contributed by atoms with van der Waals surface area (Å²) in [6.45, 7) is 7.57. The fourth-order valence-electron chi connectivity index (χ4n) is 1.85. The first-order valence-corrected chi connectivity index (χ1v) is 7.30. The van der Waals surface area contributed by atoms with E-state index in [0.29, 0.717) is 13.0 Å². The maximum absolute atomic E-state index is 11.5. The molecule has 1 N–H and O–H groups in total. The summed E-state index contributed by atoms with van der Waals surface area (Å²) in [5.41, 5.74) is 1.75. The highest BCUT2D eigenvalue weighted by molar-refractivity contribution is 5.75. The van der Waals surface area contributed by atoms with Crippen LogP contribution in [0.3, 0.4) is 0 Å². The minimum Gasteiger partial charge on any atom is -0.444 e. The Bertz CT molecular complexity index is 472. The van der Waals surface area contributed by atoms with Crippen molar-refractivity contribution in [1.29, 1.82) is 0 Å². The molecule has 1 rings (SSSR count). The van der Waals surface area contributed by atoms with Crippen molar-refractivity contribution >= 4 is 11.9 Å². The summed E-state index contributed by atoms with van der Waals surface area (Å²) in [4.78, 5) is 22.4. The molecule has 1 aromatic rings. The van der Waals surface area contributed by atoms with Gasteiger partial charge in [0.05, 0.1) is 0 Å². The number of carbonyl (C=O) groups excluding carboxylic acids is 2. The standard InChI is InChI=1S/C17H25NO3/c1-13(19)6-5-7-14-8-10-15(11-9-14)12-18-16(20)21-17(2,3)4/h8-11H,5-7,12H2,1-4H3,(H,18,20). The van der Waals surface area contributed by atoms with E-state index in [1.807, 2.05) is 45.0 Å². The lowest BCUT2D eigenvalue weighted by atomic mass is 10.1. The lowest BCUT2D eigenvalue weighted by molar-refractivity contribution is -0.117. The average Bonchev–Trinajstić information content (AvgIpc) is 2.35. The van der Waals surface area contributed by atoms with E-state index in [0.717, 1.165) is 18.4 Å². The number of benzene rings is 1. The number of alkyl carbamates (subject to hydrolysis) is 1. The van der Waals surface area contributed by atoms with Gasteiger partial charge in [0.25, 0.3) is 0 Å². The van der Waals surface area contributed by atoms with E-state index in [4.69, 9.17) is 4.74 Å². The summed E-state index contributed by atoms with van der Waals surface area (Å²) in [6, 6.07) is 8.04. The lowest BCUT2D eigenvalue weighted by Crippen LogP contribution is -2.32. The summed E-state index contributed by atoms with van der Waals surface area (Å²) in [5.74, 6) is 0.230. The van der Waals surface area contributed by atoms with Crippen LogP contribution < -0.4 is 5.32 Å². The Hall–Kier alpha value is -1.84. The second-order valence-electron chi connectivity index (χ2n) is 6.23. The SMILES string of the molecule is CC(=O)CCCc1ccc(CNC(=O)OC(C)(C)C)cc1. The number of hydrogen-bond acceptors (Lipinski definition) is 3. The van der Waals surface area contributed by atoms with E-state index >= 15 is 0 Å². The quantitative estimate of drug-likeness (QED) is 0.871. The van der Waals surface area contributed by atoms with Crippen molar-refractivity contribution in [1.82, 2.24) is 5.32 Å². The normalized spacial score (nSPS) is 11.0. The van der Waals surface area contributed by atoms with Crippen LogP contribution in [0.25, 0.3) is 0 Å². The molecular formula is C17H25NO3. The number of aryl methyl sites for hydroxylation is 1. The molecule has 0 aliphatic carbocycles. The molecule has 0 spiro atoms. The van der Waals surface area contributed by atoms with Gasteiger partial charge >= 0.3 is 6.09 Å². The van der Waals surface area contributed by atoms with Gasteiger partial charge in [-0.3, -0.25) is 0 Å². The Labute approximate surface area is 126 Å². The third-order valence-electron chi connectivity index (χ3n) is 2.85. The van der Waals surface area contributed by atoms with Crippen molar-refractivity contribution in [3.8, 4) is 0 Å². The van der Waals surface area contributed by atoms with Crippen molar-refractivity contribution in [3.05, 3.63) is 35.4 Å². The maximum atomic E-state index is 11.5. The van der Waals surface area contributed by atoms with Gasteiger partial charge in [0.15, 0.2) is 0 Å². The van der Waals surface area contributed by atoms with Crippen LogP contribution >= 0.6 is 0 Å². The predicted octanol–water partition coefficient (Wildman–Crippen LogP) is 3.62. The number of hydrogen-bond donors (Lipinski definition) is 1. The molecule has 0 fully saturated rings. The van der Waals surface area contributed by atoms with Crippen molar-refractivity contribution < 1.29 is 14.3 Å². The molecule has 0 aromatic heterocycles. The molecule has 1 aromatic carbocycles. The first-order valence-electron chi connectivity index (χ1n) is 7.30. The third kappa shape index (κ3) is 8.12. The highest BCUT2D eigenvalue weighted by Crippen LogP contribution is 2.09. The second-order valence-corrected chi connectivity index (χ2v) is 6.23. The van der Waals surface area contributed by atoms with Gasteiger partial charge in [0.1, 0.15) is 11.4 Å². The smallest absolute Gasteiger partial charge is 0.407 e. The summed E-state index contributed by atoms with van der Waals surface area (Å²) in [6.07, 6.45) is 2.00. The van der Waals surface area contributed by atoms with E-state index in [-0.39, 0.29) is 5.78 Å². The van der Waals surface area contributed by atoms with Gasteiger partial charge in [-0.25, -0.2) is 4.79 Å². The van der Waals surface area contributed by atoms with Crippen LogP contribution in [-0.2, 0) is 22.5 Å². The van der Waals surface area contributed by atoms with E-state index in [1.54, 1.807) is 6.92 Å². The van der Waals surface area contributed by atoms with E-state index < -0.39 is 11.7 Å². The van der Waals surface area contributed by atoms with Gasteiger partial charge in [-0.15, -0.1) is 0 Å². The average molecular weight is 291 g/mol. The number of amides is 1. The van der Waals surface area contributed by atoms with Crippen LogP contribution in [0.4, 0.5) is 4.79 Å². The zero-order valence-corrected chi connectivity index (χ0v) is 13.4. The summed E-state index contributed by atoms with van der Waals surface area (Å²) in [5, 5.41) is 2.73. The molecule has 116 valence electrons. The molecular weight excluding hydrogens is 266 g/mol. The monoisotopic (exact) mass is 291 g/mol. The lowest BCUT2D eigenvalue weighted by Gasteiger charge is -2.19. The summed E-state index contributed by atoms with van der Waals surface area (Å²) >= 11 is 0. The molecule has 0 unspecified atom stereocenters. The molecule has 4 nitrogen and oxygen atoms in total. The highest BCUT2D eigenvalue weighted by atomic mass is 16.6. The van der Waals surface area contributed by atoms with Crippen LogP contribution in [-0.4, -0.2) is 17.5 Å². The molecule has 0 radical (unpaired) electrons. The Morgan fingerprint density at radius 3 is 2.19 bits per heavy atom. The molecule has 4 heteroatoms. The number of carbonyl (C=O) groups is 2.